The number of nitrogen functional groups attached to an aromatic ring is 1. The van der Waals surface area contributed by atoms with Crippen LogP contribution in [0.3, 0.4) is 0 Å². The quantitative estimate of drug-likeness (QED) is 0.200. The van der Waals surface area contributed by atoms with Gasteiger partial charge in [-0.25, -0.2) is 13.8 Å². The lowest BCUT2D eigenvalue weighted by molar-refractivity contribution is -0.0588. The van der Waals surface area contributed by atoms with Crippen LogP contribution in [0.2, 0.25) is 0 Å². The summed E-state index contributed by atoms with van der Waals surface area (Å²) in [6, 6.07) is 0. The minimum Gasteiger partial charge on any atom is -0.369 e. The van der Waals surface area contributed by atoms with Crippen LogP contribution in [0, 0.1) is 5.92 Å². The van der Waals surface area contributed by atoms with E-state index in [1.54, 1.807) is 0 Å². The van der Waals surface area contributed by atoms with Gasteiger partial charge in [0.15, 0.2) is 47.1 Å². The fourth-order valence-corrected chi connectivity index (χ4v) is 6.80. The van der Waals surface area contributed by atoms with Crippen LogP contribution in [0.25, 0.3) is 22.3 Å². The van der Waals surface area contributed by atoms with Crippen molar-refractivity contribution < 1.29 is 32.2 Å². The molecule has 7 heterocycles. The molecule has 0 aliphatic carbocycles. The Labute approximate surface area is 230 Å². The lowest BCUT2D eigenvalue weighted by Gasteiger charge is -2.26. The van der Waals surface area contributed by atoms with Gasteiger partial charge in [0, 0.05) is 5.92 Å². The molecule has 3 saturated heterocycles. The third-order valence-corrected chi connectivity index (χ3v) is 8.84. The Morgan fingerprint density at radius 2 is 1.73 bits per heavy atom. The molecule has 9 atom stereocenters. The smallest absolute Gasteiger partial charge is 0.325 e. The summed E-state index contributed by atoms with van der Waals surface area (Å²) in [6.07, 6.45) is -8.83. The second-order valence-electron chi connectivity index (χ2n) is 9.69. The molecule has 0 amide bonds. The number of hydrogen-bond acceptors (Lipinski definition) is 14. The first kappa shape index (κ1) is 26.6. The van der Waals surface area contributed by atoms with Crippen LogP contribution in [-0.4, -0.2) is 92.1 Å². The van der Waals surface area contributed by atoms with Crippen molar-refractivity contribution in [3.05, 3.63) is 27.0 Å². The predicted octanol–water partition coefficient (Wildman–Crippen LogP) is -0.875. The number of aromatic amines is 2. The van der Waals surface area contributed by atoms with Gasteiger partial charge in [-0.3, -0.25) is 19.1 Å². The first-order chi connectivity index (χ1) is 19.6. The number of nitrogens with two attached hydrogens (primary N) is 1. The van der Waals surface area contributed by atoms with E-state index < -0.39 is 73.5 Å². The molecule has 3 aliphatic rings. The highest BCUT2D eigenvalue weighted by Gasteiger charge is 2.53. The van der Waals surface area contributed by atoms with Crippen LogP contribution in [0.4, 0.5) is 14.7 Å². The normalized spacial score (nSPS) is 36.0. The average Bonchev–Trinajstić information content (AvgIpc) is 3.67. The van der Waals surface area contributed by atoms with Crippen LogP contribution < -0.4 is 16.9 Å². The van der Waals surface area contributed by atoms with E-state index in [2.05, 4.69) is 40.6 Å². The number of aromatic nitrogens is 10. The van der Waals surface area contributed by atoms with E-state index in [0.29, 0.717) is 0 Å². The fraction of sp³-hybridized carbons (Fsp3) is 0.579. The highest BCUT2D eigenvalue weighted by molar-refractivity contribution is 8.07. The number of halogens is 2. The predicted molar refractivity (Wildman–Crippen MR) is 134 cm³/mol. The number of alkyl halides is 2. The minimum absolute atomic E-state index is 0.000200. The number of rotatable bonds is 2. The molecule has 2 unspecified atom stereocenters. The number of ether oxygens (including phenoxy) is 2. The largest absolute Gasteiger partial charge is 0.369 e. The molecule has 2 bridgehead atoms. The van der Waals surface area contributed by atoms with E-state index in [9.17, 15) is 14.5 Å². The van der Waals surface area contributed by atoms with E-state index in [-0.39, 0.29) is 41.1 Å². The van der Waals surface area contributed by atoms with Gasteiger partial charge in [-0.05, 0) is 24.6 Å². The summed E-state index contributed by atoms with van der Waals surface area (Å²) in [5, 5.41) is 15.3. The zero-order valence-electron chi connectivity index (χ0n) is 20.5. The van der Waals surface area contributed by atoms with Gasteiger partial charge in [0.2, 0.25) is 5.95 Å². The maximum atomic E-state index is 15.9. The van der Waals surface area contributed by atoms with Crippen molar-refractivity contribution in [3.8, 4) is 0 Å². The molecule has 4 aromatic rings. The summed E-state index contributed by atoms with van der Waals surface area (Å²) in [7, 11) is 0. The maximum absolute atomic E-state index is 15.9. The van der Waals surface area contributed by atoms with Crippen LogP contribution in [0.15, 0.2) is 15.9 Å². The van der Waals surface area contributed by atoms with Crippen molar-refractivity contribution in [1.82, 2.24) is 49.9 Å². The summed E-state index contributed by atoms with van der Waals surface area (Å²) >= 11 is 5.14. The Balaban J connectivity index is 1.21. The molecule has 3 aliphatic heterocycles. The monoisotopic (exact) mass is 615 g/mol. The molecule has 218 valence electrons. The molecule has 3 fully saturated rings. The highest BCUT2D eigenvalue weighted by atomic mass is 32.5. The summed E-state index contributed by atoms with van der Waals surface area (Å²) < 4.78 is 56.7. The summed E-state index contributed by atoms with van der Waals surface area (Å²) in [5.74, 6) is -1.13. The first-order valence-corrected chi connectivity index (χ1v) is 14.8. The molecule has 0 spiro atoms. The highest BCUT2D eigenvalue weighted by Crippen LogP contribution is 2.53. The van der Waals surface area contributed by atoms with E-state index in [1.807, 2.05) is 0 Å². The summed E-state index contributed by atoms with van der Waals surface area (Å²) in [5.41, 5.74) is 4.01. The van der Waals surface area contributed by atoms with Gasteiger partial charge >= 0.3 is 6.72 Å². The van der Waals surface area contributed by atoms with Gasteiger partial charge in [-0.15, -0.1) is 10.2 Å². The standard InChI is InChI=1S/C19H20F2N11O7PS/c20-8-5-1-2-6-9(21)12(18(37-6)32-14-11(28-30-32)16(34)26-19(22)25-14)39-40(35,41)36-3-7(5)38-17(8)31-13-10(27-29-31)15(33)24-4-23-13/h4-9,12,17-18H,1-3H2,(H,35,41)(H,23,24,33)(H3,22,25,26,34)/t5-,6?,7-,8+,9-,12-,17-,18-,40?/m1/s1. The van der Waals surface area contributed by atoms with E-state index in [0.717, 1.165) is 15.7 Å². The van der Waals surface area contributed by atoms with Gasteiger partial charge in [0.1, 0.15) is 6.10 Å². The molecular weight excluding hydrogens is 595 g/mol. The van der Waals surface area contributed by atoms with Crippen molar-refractivity contribution in [3.63, 3.8) is 0 Å². The minimum atomic E-state index is -4.18. The Morgan fingerprint density at radius 3 is 2.51 bits per heavy atom. The van der Waals surface area contributed by atoms with Gasteiger partial charge in [-0.1, -0.05) is 10.4 Å². The van der Waals surface area contributed by atoms with E-state index >= 15 is 8.78 Å². The van der Waals surface area contributed by atoms with Crippen molar-refractivity contribution >= 4 is 46.8 Å². The van der Waals surface area contributed by atoms with Crippen molar-refractivity contribution in [2.45, 2.75) is 56.0 Å². The second kappa shape index (κ2) is 9.61. The molecule has 0 saturated carbocycles. The number of fused-ring (bicyclic) bond motifs is 5. The van der Waals surface area contributed by atoms with Gasteiger partial charge in [0.05, 0.1) is 25.1 Å². The molecule has 4 aromatic heterocycles. The lowest BCUT2D eigenvalue weighted by Crippen LogP contribution is -2.31. The van der Waals surface area contributed by atoms with Crippen molar-refractivity contribution in [1.29, 1.82) is 0 Å². The summed E-state index contributed by atoms with van der Waals surface area (Å²) in [4.78, 5) is 47.8. The van der Waals surface area contributed by atoms with E-state index in [4.69, 9.17) is 36.1 Å². The van der Waals surface area contributed by atoms with Crippen LogP contribution in [-0.2, 0) is 30.3 Å². The molecule has 7 rings (SSSR count). The molecule has 18 nitrogen and oxygen atoms in total. The second-order valence-corrected chi connectivity index (χ2v) is 12.5. The van der Waals surface area contributed by atoms with E-state index in [1.165, 1.54) is 0 Å². The number of anilines is 1. The third kappa shape index (κ3) is 4.35. The fourth-order valence-electron chi connectivity index (χ4n) is 5.39. The van der Waals surface area contributed by atoms with Gasteiger partial charge in [-0.2, -0.15) is 14.3 Å². The molecule has 0 aromatic carbocycles. The molecule has 41 heavy (non-hydrogen) atoms. The molecular formula is C19H20F2N11O7PS. The molecule has 0 radical (unpaired) electrons. The SMILES string of the molecule is Nc1nc2c(nnn2[C@@H]2OC3CC[C@H]4[C@H](F)[C@H](n5nnc6c(=O)[nH]cnc65)O[C@@H]4COP(O)(=S)O[C@@H]2[C@@H]3F)c(=O)[nH]1. The Bertz CT molecular complexity index is 1820. The number of nitrogens with zero attached hydrogens (tertiary/aromatic N) is 8. The van der Waals surface area contributed by atoms with Crippen molar-refractivity contribution in [2.24, 2.45) is 5.92 Å². The van der Waals surface area contributed by atoms with Gasteiger partial charge in [0.25, 0.3) is 11.1 Å². The number of H-pyrrole nitrogens is 2. The average molecular weight is 615 g/mol. The first-order valence-electron chi connectivity index (χ1n) is 12.3. The molecule has 22 heteroatoms. The maximum Gasteiger partial charge on any atom is 0.325 e. The number of nitrogens with one attached hydrogen (secondary N) is 2. The zero-order chi connectivity index (χ0) is 28.6. The van der Waals surface area contributed by atoms with Crippen LogP contribution in [0.5, 0.6) is 0 Å². The van der Waals surface area contributed by atoms with Crippen LogP contribution in [0.1, 0.15) is 25.3 Å². The Kier molecular flexibility index (Phi) is 6.23. The topological polar surface area (TPSA) is 236 Å². The molecule has 5 N–H and O–H groups in total. The lowest BCUT2D eigenvalue weighted by atomic mass is 9.91. The summed E-state index contributed by atoms with van der Waals surface area (Å²) in [6.45, 7) is -4.57. The third-order valence-electron chi connectivity index (χ3n) is 7.28. The zero-order valence-corrected chi connectivity index (χ0v) is 22.2. The Hall–Kier alpha value is -3.33. The van der Waals surface area contributed by atoms with Crippen LogP contribution >= 0.6 is 6.72 Å². The number of hydrogen-bond donors (Lipinski definition) is 4. The Morgan fingerprint density at radius 1 is 1.02 bits per heavy atom. The van der Waals surface area contributed by atoms with Gasteiger partial charge < -0.3 is 29.6 Å². The van der Waals surface area contributed by atoms with Crippen molar-refractivity contribution in [2.75, 3.05) is 12.3 Å².